The first-order valence-electron chi connectivity index (χ1n) is 7.77. The van der Waals surface area contributed by atoms with Crippen molar-refractivity contribution in [2.24, 2.45) is 0 Å². The molecule has 0 fully saturated rings. The molecule has 0 N–H and O–H groups in total. The van der Waals surface area contributed by atoms with Crippen LogP contribution < -0.4 is 4.74 Å². The Morgan fingerprint density at radius 2 is 1.53 bits per heavy atom. The molecule has 0 spiro atoms. The fourth-order valence-electron chi connectivity index (χ4n) is 2.29. The molecule has 0 heterocycles. The quantitative estimate of drug-likeness (QED) is 0.550. The zero-order chi connectivity index (χ0) is 13.8. The zero-order valence-corrected chi connectivity index (χ0v) is 12.6. The number of para-hydroxylation sites is 1. The van der Waals surface area contributed by atoms with Crippen molar-refractivity contribution in [3.05, 3.63) is 30.3 Å². The van der Waals surface area contributed by atoms with Crippen LogP contribution in [-0.2, 0) is 0 Å². The molecule has 1 rings (SSSR count). The molecular formula is C17H29NO. The van der Waals surface area contributed by atoms with Gasteiger partial charge in [0.05, 0.1) is 6.61 Å². The second kappa shape index (κ2) is 10.9. The summed E-state index contributed by atoms with van der Waals surface area (Å²) in [5, 5.41) is 0. The normalized spacial score (nSPS) is 10.9. The topological polar surface area (TPSA) is 12.5 Å². The van der Waals surface area contributed by atoms with Gasteiger partial charge in [-0.25, -0.2) is 0 Å². The van der Waals surface area contributed by atoms with Gasteiger partial charge in [0.15, 0.2) is 0 Å². The summed E-state index contributed by atoms with van der Waals surface area (Å²) in [5.41, 5.74) is 0. The molecule has 2 nitrogen and oxygen atoms in total. The Morgan fingerprint density at radius 1 is 0.842 bits per heavy atom. The van der Waals surface area contributed by atoms with Gasteiger partial charge in [0.25, 0.3) is 0 Å². The van der Waals surface area contributed by atoms with Gasteiger partial charge in [-0.2, -0.15) is 0 Å². The Hall–Kier alpha value is -1.02. The SMILES string of the molecule is CCCN(CCC)CCCCCOc1ccccc1. The minimum absolute atomic E-state index is 0.839. The minimum Gasteiger partial charge on any atom is -0.494 e. The van der Waals surface area contributed by atoms with Gasteiger partial charge in [0.1, 0.15) is 5.75 Å². The highest BCUT2D eigenvalue weighted by atomic mass is 16.5. The van der Waals surface area contributed by atoms with E-state index in [2.05, 4.69) is 18.7 Å². The van der Waals surface area contributed by atoms with Gasteiger partial charge in [0, 0.05) is 0 Å². The highest BCUT2D eigenvalue weighted by molar-refractivity contribution is 5.20. The van der Waals surface area contributed by atoms with Gasteiger partial charge < -0.3 is 9.64 Å². The van der Waals surface area contributed by atoms with Crippen LogP contribution in [0.5, 0.6) is 5.75 Å². The van der Waals surface area contributed by atoms with Crippen LogP contribution >= 0.6 is 0 Å². The van der Waals surface area contributed by atoms with Gasteiger partial charge in [0.2, 0.25) is 0 Å². The summed E-state index contributed by atoms with van der Waals surface area (Å²) in [4.78, 5) is 2.58. The Kier molecular flexibility index (Phi) is 9.17. The highest BCUT2D eigenvalue weighted by Crippen LogP contribution is 2.09. The summed E-state index contributed by atoms with van der Waals surface area (Å²) in [5.74, 6) is 0.987. The molecule has 0 unspecified atom stereocenters. The Bertz CT molecular complexity index is 293. The van der Waals surface area contributed by atoms with E-state index in [4.69, 9.17) is 4.74 Å². The second-order valence-corrected chi connectivity index (χ2v) is 5.06. The fourth-order valence-corrected chi connectivity index (χ4v) is 2.29. The van der Waals surface area contributed by atoms with Crippen LogP contribution in [0.25, 0.3) is 0 Å². The second-order valence-electron chi connectivity index (χ2n) is 5.06. The summed E-state index contributed by atoms with van der Waals surface area (Å²) in [7, 11) is 0. The Balaban J connectivity index is 2.01. The molecule has 0 saturated heterocycles. The van der Waals surface area contributed by atoms with Gasteiger partial charge in [-0.15, -0.1) is 0 Å². The van der Waals surface area contributed by atoms with E-state index in [1.54, 1.807) is 0 Å². The number of unbranched alkanes of at least 4 members (excludes halogenated alkanes) is 2. The number of nitrogens with zero attached hydrogens (tertiary/aromatic N) is 1. The molecule has 0 aromatic heterocycles. The highest BCUT2D eigenvalue weighted by Gasteiger charge is 2.01. The molecule has 0 saturated carbocycles. The number of rotatable bonds is 11. The van der Waals surface area contributed by atoms with E-state index in [9.17, 15) is 0 Å². The average molecular weight is 263 g/mol. The van der Waals surface area contributed by atoms with Crippen LogP contribution in [0.3, 0.4) is 0 Å². The maximum absolute atomic E-state index is 5.69. The van der Waals surface area contributed by atoms with Crippen molar-refractivity contribution >= 4 is 0 Å². The van der Waals surface area contributed by atoms with Crippen molar-refractivity contribution in [3.8, 4) is 5.75 Å². The van der Waals surface area contributed by atoms with Gasteiger partial charge >= 0.3 is 0 Å². The summed E-state index contributed by atoms with van der Waals surface area (Å²) in [6.45, 7) is 9.09. The molecule has 0 bridgehead atoms. The van der Waals surface area contributed by atoms with Gasteiger partial charge in [-0.1, -0.05) is 32.0 Å². The monoisotopic (exact) mass is 263 g/mol. The molecule has 2 heteroatoms. The van der Waals surface area contributed by atoms with Crippen molar-refractivity contribution in [2.45, 2.75) is 46.0 Å². The fraction of sp³-hybridized carbons (Fsp3) is 0.647. The van der Waals surface area contributed by atoms with E-state index in [1.165, 1.54) is 45.3 Å². The van der Waals surface area contributed by atoms with E-state index in [1.807, 2.05) is 30.3 Å². The smallest absolute Gasteiger partial charge is 0.119 e. The number of hydrogen-bond acceptors (Lipinski definition) is 2. The lowest BCUT2D eigenvalue weighted by molar-refractivity contribution is 0.259. The Labute approximate surface area is 118 Å². The van der Waals surface area contributed by atoms with Crippen LogP contribution in [-0.4, -0.2) is 31.1 Å². The summed E-state index contributed by atoms with van der Waals surface area (Å²) >= 11 is 0. The van der Waals surface area contributed by atoms with E-state index in [0.29, 0.717) is 0 Å². The average Bonchev–Trinajstić information content (AvgIpc) is 2.44. The maximum atomic E-state index is 5.69. The summed E-state index contributed by atoms with van der Waals surface area (Å²) in [6.07, 6.45) is 6.23. The third kappa shape index (κ3) is 7.89. The molecule has 0 radical (unpaired) electrons. The van der Waals surface area contributed by atoms with Gasteiger partial charge in [-0.3, -0.25) is 0 Å². The Morgan fingerprint density at radius 3 is 2.16 bits per heavy atom. The van der Waals surface area contributed by atoms with Crippen LogP contribution in [0.2, 0.25) is 0 Å². The van der Waals surface area contributed by atoms with Gasteiger partial charge in [-0.05, 0) is 63.9 Å². The van der Waals surface area contributed by atoms with Crippen molar-refractivity contribution in [1.82, 2.24) is 4.90 Å². The standard InChI is InChI=1S/C17H29NO/c1-3-13-18(14-4-2)15-9-6-10-16-19-17-11-7-5-8-12-17/h5,7-8,11-12H,3-4,6,9-10,13-16H2,1-2H3. The molecule has 0 aliphatic heterocycles. The predicted octanol–water partition coefficient (Wildman–Crippen LogP) is 4.36. The van der Waals surface area contributed by atoms with Crippen molar-refractivity contribution < 1.29 is 4.74 Å². The molecular weight excluding hydrogens is 234 g/mol. The number of benzene rings is 1. The van der Waals surface area contributed by atoms with Crippen molar-refractivity contribution in [1.29, 1.82) is 0 Å². The third-order valence-electron chi connectivity index (χ3n) is 3.21. The van der Waals surface area contributed by atoms with E-state index < -0.39 is 0 Å². The molecule has 1 aromatic carbocycles. The molecule has 0 amide bonds. The summed E-state index contributed by atoms with van der Waals surface area (Å²) in [6, 6.07) is 10.1. The lowest BCUT2D eigenvalue weighted by Gasteiger charge is -2.20. The van der Waals surface area contributed by atoms with Crippen molar-refractivity contribution in [2.75, 3.05) is 26.2 Å². The van der Waals surface area contributed by atoms with E-state index in [0.717, 1.165) is 18.8 Å². The molecule has 0 aliphatic carbocycles. The molecule has 19 heavy (non-hydrogen) atoms. The lowest BCUT2D eigenvalue weighted by Crippen LogP contribution is -2.26. The molecule has 0 atom stereocenters. The third-order valence-corrected chi connectivity index (χ3v) is 3.21. The van der Waals surface area contributed by atoms with Crippen LogP contribution in [0, 0.1) is 0 Å². The summed E-state index contributed by atoms with van der Waals surface area (Å²) < 4.78 is 5.69. The largest absolute Gasteiger partial charge is 0.494 e. The molecule has 1 aromatic rings. The van der Waals surface area contributed by atoms with E-state index in [-0.39, 0.29) is 0 Å². The number of ether oxygens (including phenoxy) is 1. The van der Waals surface area contributed by atoms with Crippen LogP contribution in [0.4, 0.5) is 0 Å². The number of hydrogen-bond donors (Lipinski definition) is 0. The van der Waals surface area contributed by atoms with Crippen molar-refractivity contribution in [3.63, 3.8) is 0 Å². The van der Waals surface area contributed by atoms with Crippen LogP contribution in [0.15, 0.2) is 30.3 Å². The predicted molar refractivity (Wildman–Crippen MR) is 82.8 cm³/mol. The first kappa shape index (κ1) is 16.0. The van der Waals surface area contributed by atoms with Crippen LogP contribution in [0.1, 0.15) is 46.0 Å². The lowest BCUT2D eigenvalue weighted by atomic mass is 10.2. The zero-order valence-electron chi connectivity index (χ0n) is 12.6. The molecule has 108 valence electrons. The first-order valence-corrected chi connectivity index (χ1v) is 7.77. The van der Waals surface area contributed by atoms with E-state index >= 15 is 0 Å². The first-order chi connectivity index (χ1) is 9.36. The molecule has 0 aliphatic rings. The minimum atomic E-state index is 0.839. The maximum Gasteiger partial charge on any atom is 0.119 e.